The molecular weight excluding hydrogens is 226 g/mol. The molecule has 1 aromatic carbocycles. The van der Waals surface area contributed by atoms with Gasteiger partial charge in [0, 0.05) is 6.54 Å². The van der Waals surface area contributed by atoms with Gasteiger partial charge in [0.15, 0.2) is 0 Å². The molecule has 0 bridgehead atoms. The van der Waals surface area contributed by atoms with Gasteiger partial charge in [-0.3, -0.25) is 5.32 Å². The van der Waals surface area contributed by atoms with Crippen LogP contribution < -0.4 is 5.32 Å². The molecular formula is C15H21NO2. The van der Waals surface area contributed by atoms with E-state index in [4.69, 9.17) is 4.74 Å². The topological polar surface area (TPSA) is 38.3 Å². The number of esters is 1. The summed E-state index contributed by atoms with van der Waals surface area (Å²) in [5.41, 5.74) is 2.31. The first kappa shape index (κ1) is 14.5. The number of ether oxygens (including phenoxy) is 1. The fraction of sp³-hybridized carbons (Fsp3) is 0.400. The van der Waals surface area contributed by atoms with Gasteiger partial charge in [-0.05, 0) is 26.3 Å². The smallest absolute Gasteiger partial charge is 0.330 e. The molecule has 1 unspecified atom stereocenters. The molecule has 0 saturated carbocycles. The molecule has 0 heterocycles. The van der Waals surface area contributed by atoms with Crippen LogP contribution in [0.3, 0.4) is 0 Å². The summed E-state index contributed by atoms with van der Waals surface area (Å²) in [5, 5.41) is 3.17. The molecule has 1 aromatic rings. The summed E-state index contributed by atoms with van der Waals surface area (Å²) in [4.78, 5) is 12.0. The minimum Gasteiger partial charge on any atom is -0.467 e. The predicted molar refractivity (Wildman–Crippen MR) is 73.5 cm³/mol. The van der Waals surface area contributed by atoms with Crippen molar-refractivity contribution in [2.75, 3.05) is 13.7 Å². The van der Waals surface area contributed by atoms with Crippen LogP contribution in [0.2, 0.25) is 0 Å². The molecule has 18 heavy (non-hydrogen) atoms. The van der Waals surface area contributed by atoms with Crippen LogP contribution in [0.15, 0.2) is 30.9 Å². The highest BCUT2D eigenvalue weighted by molar-refractivity contribution is 5.82. The maximum absolute atomic E-state index is 12.0. The summed E-state index contributed by atoms with van der Waals surface area (Å²) in [6.45, 7) is 10.1. The third kappa shape index (κ3) is 2.99. The number of benzene rings is 1. The molecule has 0 aliphatic rings. The fourth-order valence-electron chi connectivity index (χ4n) is 2.04. The number of hydrogen-bond donors (Lipinski definition) is 1. The van der Waals surface area contributed by atoms with Gasteiger partial charge in [-0.2, -0.15) is 0 Å². The second kappa shape index (κ2) is 5.83. The van der Waals surface area contributed by atoms with Crippen LogP contribution in [0.4, 0.5) is 0 Å². The normalized spacial score (nSPS) is 13.8. The van der Waals surface area contributed by atoms with E-state index in [9.17, 15) is 4.79 Å². The third-order valence-corrected chi connectivity index (χ3v) is 2.99. The van der Waals surface area contributed by atoms with Gasteiger partial charge in [0.2, 0.25) is 0 Å². The Balaban J connectivity index is 3.23. The van der Waals surface area contributed by atoms with Crippen molar-refractivity contribution < 1.29 is 9.53 Å². The van der Waals surface area contributed by atoms with Gasteiger partial charge in [0.25, 0.3) is 0 Å². The lowest BCUT2D eigenvalue weighted by Gasteiger charge is -2.28. The standard InChI is InChI=1S/C15H21NO2/c1-6-7-16-15(4,14(17)18-5)13-9-11(2)8-12(3)10-13/h6,8-10,16H,1,7H2,2-5H3. The Kier molecular flexibility index (Phi) is 4.68. The summed E-state index contributed by atoms with van der Waals surface area (Å²) < 4.78 is 4.91. The number of aryl methyl sites for hydroxylation is 2. The summed E-state index contributed by atoms with van der Waals surface area (Å²) in [6.07, 6.45) is 1.73. The number of hydrogen-bond acceptors (Lipinski definition) is 3. The van der Waals surface area contributed by atoms with Gasteiger partial charge >= 0.3 is 5.97 Å². The van der Waals surface area contributed by atoms with E-state index in [-0.39, 0.29) is 5.97 Å². The first-order valence-corrected chi connectivity index (χ1v) is 5.97. The number of carbonyl (C=O) groups excluding carboxylic acids is 1. The maximum Gasteiger partial charge on any atom is 0.330 e. The molecule has 1 atom stereocenters. The van der Waals surface area contributed by atoms with Crippen molar-refractivity contribution >= 4 is 5.97 Å². The Morgan fingerprint density at radius 1 is 1.39 bits per heavy atom. The van der Waals surface area contributed by atoms with Gasteiger partial charge in [-0.1, -0.05) is 35.4 Å². The zero-order valence-electron chi connectivity index (χ0n) is 11.5. The summed E-state index contributed by atoms with van der Waals surface area (Å²) in [5.74, 6) is -0.297. The molecule has 0 fully saturated rings. The molecule has 0 radical (unpaired) electrons. The van der Waals surface area contributed by atoms with Crippen molar-refractivity contribution in [3.05, 3.63) is 47.5 Å². The maximum atomic E-state index is 12.0. The number of rotatable bonds is 5. The van der Waals surface area contributed by atoms with Crippen molar-refractivity contribution in [1.29, 1.82) is 0 Å². The molecule has 0 amide bonds. The van der Waals surface area contributed by atoms with E-state index in [1.807, 2.05) is 32.9 Å². The minimum absolute atomic E-state index is 0.297. The zero-order valence-corrected chi connectivity index (χ0v) is 11.5. The highest BCUT2D eigenvalue weighted by atomic mass is 16.5. The number of carbonyl (C=O) groups is 1. The Labute approximate surface area is 109 Å². The van der Waals surface area contributed by atoms with E-state index in [0.29, 0.717) is 6.54 Å². The summed E-state index contributed by atoms with van der Waals surface area (Å²) in [7, 11) is 1.40. The zero-order chi connectivity index (χ0) is 13.8. The van der Waals surface area contributed by atoms with Gasteiger partial charge < -0.3 is 4.74 Å². The van der Waals surface area contributed by atoms with Crippen LogP contribution in [-0.2, 0) is 15.1 Å². The monoisotopic (exact) mass is 247 g/mol. The van der Waals surface area contributed by atoms with Crippen LogP contribution in [0.1, 0.15) is 23.6 Å². The second-order valence-electron chi connectivity index (χ2n) is 4.66. The molecule has 0 aliphatic heterocycles. The molecule has 1 N–H and O–H groups in total. The summed E-state index contributed by atoms with van der Waals surface area (Å²) in [6, 6.07) is 6.08. The lowest BCUT2D eigenvalue weighted by Crippen LogP contribution is -2.47. The molecule has 3 nitrogen and oxygen atoms in total. The minimum atomic E-state index is -0.848. The van der Waals surface area contributed by atoms with Crippen molar-refractivity contribution in [2.24, 2.45) is 0 Å². The molecule has 3 heteroatoms. The quantitative estimate of drug-likeness (QED) is 0.641. The van der Waals surface area contributed by atoms with E-state index in [1.54, 1.807) is 6.08 Å². The largest absolute Gasteiger partial charge is 0.467 e. The van der Waals surface area contributed by atoms with Crippen LogP contribution in [0.5, 0.6) is 0 Å². The van der Waals surface area contributed by atoms with Crippen LogP contribution in [0.25, 0.3) is 0 Å². The van der Waals surface area contributed by atoms with Gasteiger partial charge in [-0.15, -0.1) is 6.58 Å². The molecule has 0 aromatic heterocycles. The van der Waals surface area contributed by atoms with E-state index in [1.165, 1.54) is 7.11 Å². The van der Waals surface area contributed by atoms with Gasteiger partial charge in [0.1, 0.15) is 5.54 Å². The third-order valence-electron chi connectivity index (χ3n) is 2.99. The fourth-order valence-corrected chi connectivity index (χ4v) is 2.04. The van der Waals surface area contributed by atoms with E-state index < -0.39 is 5.54 Å². The van der Waals surface area contributed by atoms with Crippen LogP contribution >= 0.6 is 0 Å². The van der Waals surface area contributed by atoms with Crippen molar-refractivity contribution in [1.82, 2.24) is 5.32 Å². The second-order valence-corrected chi connectivity index (χ2v) is 4.66. The van der Waals surface area contributed by atoms with Gasteiger partial charge in [0.05, 0.1) is 7.11 Å². The predicted octanol–water partition coefficient (Wildman–Crippen LogP) is 2.47. The summed E-state index contributed by atoms with van der Waals surface area (Å²) >= 11 is 0. The number of nitrogens with one attached hydrogen (secondary N) is 1. The highest BCUT2D eigenvalue weighted by Crippen LogP contribution is 2.24. The van der Waals surface area contributed by atoms with Gasteiger partial charge in [-0.25, -0.2) is 4.79 Å². The van der Waals surface area contributed by atoms with E-state index in [0.717, 1.165) is 16.7 Å². The molecule has 0 saturated heterocycles. The molecule has 0 spiro atoms. The first-order valence-electron chi connectivity index (χ1n) is 5.97. The van der Waals surface area contributed by atoms with Crippen LogP contribution in [-0.4, -0.2) is 19.6 Å². The SMILES string of the molecule is C=CCNC(C)(C(=O)OC)c1cc(C)cc(C)c1. The first-order chi connectivity index (χ1) is 8.43. The molecule has 98 valence electrons. The van der Waals surface area contributed by atoms with Crippen molar-refractivity contribution in [3.63, 3.8) is 0 Å². The van der Waals surface area contributed by atoms with E-state index >= 15 is 0 Å². The highest BCUT2D eigenvalue weighted by Gasteiger charge is 2.35. The average molecular weight is 247 g/mol. The Hall–Kier alpha value is -1.61. The Bertz CT molecular complexity index is 434. The Morgan fingerprint density at radius 3 is 2.39 bits per heavy atom. The van der Waals surface area contributed by atoms with E-state index in [2.05, 4.69) is 18.0 Å². The van der Waals surface area contributed by atoms with Crippen LogP contribution in [0, 0.1) is 13.8 Å². The average Bonchev–Trinajstić information content (AvgIpc) is 2.33. The number of methoxy groups -OCH3 is 1. The van der Waals surface area contributed by atoms with Crippen molar-refractivity contribution in [3.8, 4) is 0 Å². The van der Waals surface area contributed by atoms with Crippen molar-refractivity contribution in [2.45, 2.75) is 26.3 Å². The lowest BCUT2D eigenvalue weighted by atomic mass is 9.89. The Morgan fingerprint density at radius 2 is 1.94 bits per heavy atom. The molecule has 0 aliphatic carbocycles. The molecule has 1 rings (SSSR count). The lowest BCUT2D eigenvalue weighted by molar-refractivity contribution is -0.148.